The van der Waals surface area contributed by atoms with E-state index < -0.39 is 9.84 Å². The molecule has 2 N–H and O–H groups in total. The van der Waals surface area contributed by atoms with Gasteiger partial charge in [-0.1, -0.05) is 12.1 Å². The normalized spacial score (nSPS) is 11.9. The number of fused-ring (bicyclic) bond motifs is 2. The fourth-order valence-corrected chi connectivity index (χ4v) is 4.93. The molecule has 0 spiro atoms. The number of methoxy groups -OCH3 is 2. The van der Waals surface area contributed by atoms with Gasteiger partial charge in [0, 0.05) is 20.3 Å². The lowest BCUT2D eigenvalue weighted by molar-refractivity contribution is 0.191. The third-order valence-corrected chi connectivity index (χ3v) is 6.75. The van der Waals surface area contributed by atoms with Gasteiger partial charge >= 0.3 is 0 Å². The number of sulfone groups is 1. The van der Waals surface area contributed by atoms with Crippen LogP contribution in [0.4, 0.5) is 5.82 Å². The van der Waals surface area contributed by atoms with E-state index in [0.29, 0.717) is 42.0 Å². The summed E-state index contributed by atoms with van der Waals surface area (Å²) < 4.78 is 39.0. The zero-order chi connectivity index (χ0) is 21.3. The van der Waals surface area contributed by atoms with Crippen molar-refractivity contribution in [3.05, 3.63) is 48.5 Å². The minimum Gasteiger partial charge on any atom is -0.497 e. The van der Waals surface area contributed by atoms with E-state index in [1.807, 2.05) is 18.2 Å². The number of rotatable bonds is 7. The van der Waals surface area contributed by atoms with Crippen LogP contribution in [-0.2, 0) is 21.1 Å². The van der Waals surface area contributed by atoms with Gasteiger partial charge in [0.25, 0.3) is 0 Å². The van der Waals surface area contributed by atoms with E-state index in [-0.39, 0.29) is 21.1 Å². The molecule has 0 aliphatic carbocycles. The first-order valence-corrected chi connectivity index (χ1v) is 10.9. The van der Waals surface area contributed by atoms with Gasteiger partial charge in [0.05, 0.1) is 23.0 Å². The molecule has 2 aromatic heterocycles. The fourth-order valence-electron chi connectivity index (χ4n) is 3.42. The average Bonchev–Trinajstić information content (AvgIpc) is 3.03. The quantitative estimate of drug-likeness (QED) is 0.452. The summed E-state index contributed by atoms with van der Waals surface area (Å²) in [6.45, 7) is 0.974. The highest BCUT2D eigenvalue weighted by atomic mass is 32.2. The number of hydrogen-bond donors (Lipinski definition) is 1. The number of benzene rings is 2. The van der Waals surface area contributed by atoms with Gasteiger partial charge in [-0.15, -0.1) is 0 Å². The first-order valence-electron chi connectivity index (χ1n) is 9.40. The number of hydrogen-bond acceptors (Lipinski definition) is 7. The zero-order valence-corrected chi connectivity index (χ0v) is 17.5. The van der Waals surface area contributed by atoms with E-state index in [0.717, 1.165) is 0 Å². The van der Waals surface area contributed by atoms with Crippen LogP contribution in [0.25, 0.3) is 22.2 Å². The maximum atomic E-state index is 13.5. The second-order valence-electron chi connectivity index (χ2n) is 6.78. The minimum atomic E-state index is -3.93. The highest BCUT2D eigenvalue weighted by Crippen LogP contribution is 2.35. The maximum absolute atomic E-state index is 13.5. The molecule has 0 unspecified atom stereocenters. The molecular formula is C21H22N4O4S. The molecule has 0 aliphatic heterocycles. The van der Waals surface area contributed by atoms with Crippen molar-refractivity contribution in [2.45, 2.75) is 22.8 Å². The fraction of sp³-hybridized carbons (Fsp3) is 0.238. The second-order valence-corrected chi connectivity index (χ2v) is 8.66. The van der Waals surface area contributed by atoms with Gasteiger partial charge in [-0.25, -0.2) is 18.4 Å². The standard InChI is InChI=1S/C21H22N4O4S/c1-28-13-5-12-25-20(22)19(30(26,27)15-10-8-14(29-2)9-11-15)18-21(25)24-17-7-4-3-6-16(17)23-18/h3-4,6-11H,5,12-13,22H2,1-2H3. The topological polar surface area (TPSA) is 109 Å². The van der Waals surface area contributed by atoms with Crippen molar-refractivity contribution in [3.8, 4) is 5.75 Å². The van der Waals surface area contributed by atoms with Crippen LogP contribution < -0.4 is 10.5 Å². The largest absolute Gasteiger partial charge is 0.497 e. The van der Waals surface area contributed by atoms with Crippen molar-refractivity contribution in [1.29, 1.82) is 0 Å². The molecule has 2 heterocycles. The number of para-hydroxylation sites is 2. The Morgan fingerprint density at radius 3 is 2.30 bits per heavy atom. The molecular weight excluding hydrogens is 404 g/mol. The van der Waals surface area contributed by atoms with Crippen molar-refractivity contribution < 1.29 is 17.9 Å². The summed E-state index contributed by atoms with van der Waals surface area (Å²) in [7, 11) is -0.796. The lowest BCUT2D eigenvalue weighted by Crippen LogP contribution is -2.09. The van der Waals surface area contributed by atoms with Gasteiger partial charge < -0.3 is 19.8 Å². The van der Waals surface area contributed by atoms with Crippen LogP contribution in [0.3, 0.4) is 0 Å². The van der Waals surface area contributed by atoms with Gasteiger partial charge in [0.2, 0.25) is 9.84 Å². The lowest BCUT2D eigenvalue weighted by atomic mass is 10.3. The SMILES string of the molecule is COCCCn1c(N)c(S(=O)(=O)c2ccc(OC)cc2)c2nc3ccccc3nc21. The monoisotopic (exact) mass is 426 g/mol. The molecule has 0 saturated heterocycles. The molecule has 4 rings (SSSR count). The van der Waals surface area contributed by atoms with E-state index in [1.165, 1.54) is 19.2 Å². The summed E-state index contributed by atoms with van der Waals surface area (Å²) in [4.78, 5) is 9.36. The van der Waals surface area contributed by atoms with Gasteiger partial charge in [-0.2, -0.15) is 0 Å². The Balaban J connectivity index is 1.97. The summed E-state index contributed by atoms with van der Waals surface area (Å²) in [6.07, 6.45) is 0.654. The van der Waals surface area contributed by atoms with Gasteiger partial charge in [-0.05, 0) is 42.8 Å². The average molecular weight is 426 g/mol. The summed E-state index contributed by atoms with van der Waals surface area (Å²) >= 11 is 0. The first kappa shape index (κ1) is 20.1. The van der Waals surface area contributed by atoms with E-state index in [9.17, 15) is 8.42 Å². The van der Waals surface area contributed by atoms with Gasteiger partial charge in [0.15, 0.2) is 5.65 Å². The van der Waals surface area contributed by atoms with Crippen molar-refractivity contribution >= 4 is 37.9 Å². The van der Waals surface area contributed by atoms with E-state index in [2.05, 4.69) is 9.97 Å². The number of nitrogen functional groups attached to an aromatic ring is 1. The molecule has 156 valence electrons. The number of anilines is 1. The van der Waals surface area contributed by atoms with Gasteiger partial charge in [-0.3, -0.25) is 0 Å². The predicted molar refractivity (Wildman–Crippen MR) is 114 cm³/mol. The molecule has 0 radical (unpaired) electrons. The summed E-state index contributed by atoms with van der Waals surface area (Å²) in [5, 5.41) is 0. The molecule has 2 aromatic carbocycles. The third-order valence-electron chi connectivity index (χ3n) is 4.91. The molecule has 0 amide bonds. The second kappa shape index (κ2) is 7.92. The van der Waals surface area contributed by atoms with E-state index in [4.69, 9.17) is 15.2 Å². The number of nitrogens with zero attached hydrogens (tertiary/aromatic N) is 3. The zero-order valence-electron chi connectivity index (χ0n) is 16.7. The molecule has 9 heteroatoms. The number of ether oxygens (including phenoxy) is 2. The molecule has 30 heavy (non-hydrogen) atoms. The Morgan fingerprint density at radius 2 is 1.67 bits per heavy atom. The minimum absolute atomic E-state index is 0.0293. The molecule has 0 fully saturated rings. The van der Waals surface area contributed by atoms with Crippen molar-refractivity contribution in [2.75, 3.05) is 26.6 Å². The van der Waals surface area contributed by atoms with Crippen molar-refractivity contribution in [3.63, 3.8) is 0 Å². The molecule has 0 bridgehead atoms. The Kier molecular flexibility index (Phi) is 5.31. The number of aryl methyl sites for hydroxylation is 1. The lowest BCUT2D eigenvalue weighted by Gasteiger charge is -2.08. The molecule has 0 atom stereocenters. The summed E-state index contributed by atoms with van der Waals surface area (Å²) in [5.41, 5.74) is 8.35. The van der Waals surface area contributed by atoms with Crippen LogP contribution >= 0.6 is 0 Å². The van der Waals surface area contributed by atoms with Crippen LogP contribution in [0.2, 0.25) is 0 Å². The van der Waals surface area contributed by atoms with E-state index >= 15 is 0 Å². The Morgan fingerprint density at radius 1 is 1.00 bits per heavy atom. The van der Waals surface area contributed by atoms with Crippen LogP contribution in [-0.4, -0.2) is 43.8 Å². The molecule has 4 aromatic rings. The van der Waals surface area contributed by atoms with Gasteiger partial charge in [0.1, 0.15) is 22.0 Å². The smallest absolute Gasteiger partial charge is 0.212 e. The van der Waals surface area contributed by atoms with Crippen LogP contribution in [0.1, 0.15) is 6.42 Å². The highest BCUT2D eigenvalue weighted by Gasteiger charge is 2.30. The first-order chi connectivity index (χ1) is 14.5. The van der Waals surface area contributed by atoms with Crippen LogP contribution in [0.15, 0.2) is 58.3 Å². The van der Waals surface area contributed by atoms with Crippen molar-refractivity contribution in [1.82, 2.24) is 14.5 Å². The summed E-state index contributed by atoms with van der Waals surface area (Å²) in [5.74, 6) is 0.682. The maximum Gasteiger partial charge on any atom is 0.212 e. The highest BCUT2D eigenvalue weighted by molar-refractivity contribution is 7.92. The number of aromatic nitrogens is 3. The van der Waals surface area contributed by atoms with Crippen molar-refractivity contribution in [2.24, 2.45) is 0 Å². The Hall–Kier alpha value is -3.17. The molecule has 0 aliphatic rings. The Labute approximate surface area is 174 Å². The molecule has 0 saturated carbocycles. The predicted octanol–water partition coefficient (Wildman–Crippen LogP) is 3.04. The molecule has 8 nitrogen and oxygen atoms in total. The van der Waals surface area contributed by atoms with Crippen LogP contribution in [0.5, 0.6) is 5.75 Å². The Bertz CT molecular complexity index is 1310. The third kappa shape index (κ3) is 3.35. The summed E-state index contributed by atoms with van der Waals surface area (Å²) in [6, 6.07) is 13.5. The van der Waals surface area contributed by atoms with Crippen LogP contribution in [0, 0.1) is 0 Å². The van der Waals surface area contributed by atoms with E-state index in [1.54, 1.807) is 29.9 Å². The number of nitrogens with two attached hydrogens (primary N) is 1.